The van der Waals surface area contributed by atoms with Crippen LogP contribution in [0.3, 0.4) is 0 Å². The minimum atomic E-state index is -0.786. The first-order valence-electron chi connectivity index (χ1n) is 6.56. The number of hydrogen-bond acceptors (Lipinski definition) is 2. The van der Waals surface area contributed by atoms with Crippen LogP contribution in [0.25, 0.3) is 0 Å². The molecule has 0 spiro atoms. The number of likely N-dealkylation sites (tertiary alicyclic amines) is 1. The van der Waals surface area contributed by atoms with E-state index in [1.807, 2.05) is 13.8 Å². The van der Waals surface area contributed by atoms with Gasteiger partial charge in [-0.15, -0.1) is 0 Å². The summed E-state index contributed by atoms with van der Waals surface area (Å²) in [6, 6.07) is 2.70. The van der Waals surface area contributed by atoms with Gasteiger partial charge >= 0.3 is 6.03 Å². The van der Waals surface area contributed by atoms with E-state index >= 15 is 0 Å². The molecule has 0 radical (unpaired) electrons. The summed E-state index contributed by atoms with van der Waals surface area (Å²) < 4.78 is 26.3. The fourth-order valence-corrected chi connectivity index (χ4v) is 2.33. The number of amides is 2. The predicted molar refractivity (Wildman–Crippen MR) is 73.3 cm³/mol. The van der Waals surface area contributed by atoms with E-state index < -0.39 is 17.7 Å². The Labute approximate surface area is 116 Å². The predicted octanol–water partition coefficient (Wildman–Crippen LogP) is 2.56. The Balaban J connectivity index is 2.05. The number of rotatable bonds is 1. The number of hydrogen-bond donors (Lipinski definition) is 2. The van der Waals surface area contributed by atoms with Gasteiger partial charge in [0.25, 0.3) is 0 Å². The quantitative estimate of drug-likeness (QED) is 0.832. The molecule has 1 aromatic carbocycles. The lowest BCUT2D eigenvalue weighted by Crippen LogP contribution is -2.54. The second-order valence-corrected chi connectivity index (χ2v) is 5.86. The molecule has 3 N–H and O–H groups in total. The molecule has 1 atom stereocenters. The van der Waals surface area contributed by atoms with Crippen LogP contribution in [0.15, 0.2) is 18.2 Å². The molecule has 2 amide bonds. The molecule has 1 fully saturated rings. The maximum absolute atomic E-state index is 13.5. The topological polar surface area (TPSA) is 58.4 Å². The summed E-state index contributed by atoms with van der Waals surface area (Å²) in [6.45, 7) is 5.02. The molecule has 1 saturated heterocycles. The molecular weight excluding hydrogens is 264 g/mol. The van der Waals surface area contributed by atoms with Gasteiger partial charge in [0.05, 0.1) is 5.69 Å². The van der Waals surface area contributed by atoms with E-state index in [0.29, 0.717) is 19.5 Å². The van der Waals surface area contributed by atoms with Gasteiger partial charge in [-0.3, -0.25) is 0 Å². The van der Waals surface area contributed by atoms with Crippen LogP contribution in [-0.2, 0) is 0 Å². The van der Waals surface area contributed by atoms with Crippen molar-refractivity contribution in [1.82, 2.24) is 4.90 Å². The van der Waals surface area contributed by atoms with Gasteiger partial charge in [-0.2, -0.15) is 0 Å². The summed E-state index contributed by atoms with van der Waals surface area (Å²) in [5.41, 5.74) is 5.80. The maximum Gasteiger partial charge on any atom is 0.321 e. The van der Waals surface area contributed by atoms with Crippen molar-refractivity contribution in [2.75, 3.05) is 18.4 Å². The highest BCUT2D eigenvalue weighted by Crippen LogP contribution is 2.28. The normalized spacial score (nSPS) is 21.6. The molecule has 2 rings (SSSR count). The number of carbonyl (C=O) groups is 1. The molecule has 1 aliphatic rings. The first-order chi connectivity index (χ1) is 9.29. The van der Waals surface area contributed by atoms with Crippen LogP contribution in [0.2, 0.25) is 0 Å². The zero-order valence-electron chi connectivity index (χ0n) is 11.6. The van der Waals surface area contributed by atoms with Crippen molar-refractivity contribution in [2.45, 2.75) is 26.3 Å². The third kappa shape index (κ3) is 3.07. The molecule has 1 aliphatic heterocycles. The van der Waals surface area contributed by atoms with E-state index in [9.17, 15) is 13.6 Å². The lowest BCUT2D eigenvalue weighted by atomic mass is 9.80. The standard InChI is InChI=1S/C14H19F2N3O/c1-14(2)8-19(6-5-12(14)17)13(20)18-11-4-3-9(15)7-10(11)16/h3-4,7,12H,5-6,8,17H2,1-2H3,(H,18,20). The van der Waals surface area contributed by atoms with E-state index in [-0.39, 0.29) is 17.1 Å². The van der Waals surface area contributed by atoms with E-state index in [4.69, 9.17) is 5.73 Å². The van der Waals surface area contributed by atoms with Gasteiger partial charge < -0.3 is 16.0 Å². The number of piperidine rings is 1. The number of nitrogens with two attached hydrogens (primary N) is 1. The van der Waals surface area contributed by atoms with Gasteiger partial charge in [-0.05, 0) is 24.0 Å². The summed E-state index contributed by atoms with van der Waals surface area (Å²) in [5.74, 6) is -1.46. The molecule has 1 unspecified atom stereocenters. The second-order valence-electron chi connectivity index (χ2n) is 5.86. The van der Waals surface area contributed by atoms with Crippen molar-refractivity contribution < 1.29 is 13.6 Å². The molecule has 4 nitrogen and oxygen atoms in total. The van der Waals surface area contributed by atoms with Gasteiger partial charge in [0.2, 0.25) is 0 Å². The van der Waals surface area contributed by atoms with Gasteiger partial charge in [-0.1, -0.05) is 13.8 Å². The van der Waals surface area contributed by atoms with Crippen LogP contribution in [-0.4, -0.2) is 30.1 Å². The fourth-order valence-electron chi connectivity index (χ4n) is 2.33. The first-order valence-corrected chi connectivity index (χ1v) is 6.56. The van der Waals surface area contributed by atoms with E-state index in [2.05, 4.69) is 5.32 Å². The number of urea groups is 1. The minimum absolute atomic E-state index is 0.0240. The Morgan fingerprint density at radius 3 is 2.75 bits per heavy atom. The number of halogens is 2. The zero-order chi connectivity index (χ0) is 14.9. The summed E-state index contributed by atoms with van der Waals surface area (Å²) in [5, 5.41) is 2.46. The highest BCUT2D eigenvalue weighted by molar-refractivity contribution is 5.89. The van der Waals surface area contributed by atoms with Crippen LogP contribution in [0.1, 0.15) is 20.3 Å². The SMILES string of the molecule is CC1(C)CN(C(=O)Nc2ccc(F)cc2F)CCC1N. The van der Waals surface area contributed by atoms with E-state index in [0.717, 1.165) is 12.1 Å². The lowest BCUT2D eigenvalue weighted by molar-refractivity contribution is 0.118. The first kappa shape index (κ1) is 14.7. The minimum Gasteiger partial charge on any atom is -0.327 e. The number of nitrogens with one attached hydrogen (secondary N) is 1. The monoisotopic (exact) mass is 283 g/mol. The van der Waals surface area contributed by atoms with Crippen molar-refractivity contribution in [1.29, 1.82) is 0 Å². The molecule has 20 heavy (non-hydrogen) atoms. The molecule has 0 bridgehead atoms. The van der Waals surface area contributed by atoms with Gasteiger partial charge in [0, 0.05) is 25.2 Å². The zero-order valence-corrected chi connectivity index (χ0v) is 11.6. The van der Waals surface area contributed by atoms with Crippen molar-refractivity contribution >= 4 is 11.7 Å². The third-order valence-electron chi connectivity index (χ3n) is 3.77. The lowest BCUT2D eigenvalue weighted by Gasteiger charge is -2.42. The largest absolute Gasteiger partial charge is 0.327 e. The van der Waals surface area contributed by atoms with E-state index in [1.54, 1.807) is 4.90 Å². The van der Waals surface area contributed by atoms with Crippen molar-refractivity contribution in [3.05, 3.63) is 29.8 Å². The maximum atomic E-state index is 13.5. The average Bonchev–Trinajstić information content (AvgIpc) is 2.36. The third-order valence-corrected chi connectivity index (χ3v) is 3.77. The summed E-state index contributed by atoms with van der Waals surface area (Å²) >= 11 is 0. The van der Waals surface area contributed by atoms with Crippen LogP contribution < -0.4 is 11.1 Å². The average molecular weight is 283 g/mol. The Bertz CT molecular complexity index is 519. The molecule has 6 heteroatoms. The number of benzene rings is 1. The Hall–Kier alpha value is -1.69. The van der Waals surface area contributed by atoms with Gasteiger partial charge in [0.15, 0.2) is 0 Å². The molecular formula is C14H19F2N3O. The van der Waals surface area contributed by atoms with Gasteiger partial charge in [0.1, 0.15) is 11.6 Å². The molecule has 1 aromatic rings. The van der Waals surface area contributed by atoms with Crippen molar-refractivity contribution in [2.24, 2.45) is 11.1 Å². The smallest absolute Gasteiger partial charge is 0.321 e. The fraction of sp³-hybridized carbons (Fsp3) is 0.500. The molecule has 110 valence electrons. The Morgan fingerprint density at radius 1 is 1.45 bits per heavy atom. The Morgan fingerprint density at radius 2 is 2.15 bits per heavy atom. The molecule has 1 heterocycles. The van der Waals surface area contributed by atoms with Crippen molar-refractivity contribution in [3.63, 3.8) is 0 Å². The highest BCUT2D eigenvalue weighted by atomic mass is 19.1. The highest BCUT2D eigenvalue weighted by Gasteiger charge is 2.35. The van der Waals surface area contributed by atoms with Crippen LogP contribution in [0.4, 0.5) is 19.3 Å². The van der Waals surface area contributed by atoms with Crippen LogP contribution in [0.5, 0.6) is 0 Å². The number of anilines is 1. The van der Waals surface area contributed by atoms with Crippen molar-refractivity contribution in [3.8, 4) is 0 Å². The van der Waals surface area contributed by atoms with E-state index in [1.165, 1.54) is 6.07 Å². The Kier molecular flexibility index (Phi) is 3.94. The van der Waals surface area contributed by atoms with Crippen LogP contribution in [0, 0.1) is 17.0 Å². The molecule has 0 aromatic heterocycles. The second kappa shape index (κ2) is 5.36. The summed E-state index contributed by atoms with van der Waals surface area (Å²) in [7, 11) is 0. The summed E-state index contributed by atoms with van der Waals surface area (Å²) in [6.07, 6.45) is 0.701. The van der Waals surface area contributed by atoms with Gasteiger partial charge in [-0.25, -0.2) is 13.6 Å². The number of carbonyl (C=O) groups excluding carboxylic acids is 1. The number of nitrogens with zero attached hydrogens (tertiary/aromatic N) is 1. The molecule has 0 aliphatic carbocycles. The summed E-state index contributed by atoms with van der Waals surface area (Å²) in [4.78, 5) is 13.7. The van der Waals surface area contributed by atoms with Crippen LogP contribution >= 0.6 is 0 Å². The molecule has 0 saturated carbocycles.